The molecule has 2 heterocycles. The van der Waals surface area contributed by atoms with Crippen molar-refractivity contribution in [1.29, 1.82) is 0 Å². The number of carbonyl (C=O) groups excluding carboxylic acids is 1. The quantitative estimate of drug-likeness (QED) is 0.799. The van der Waals surface area contributed by atoms with Gasteiger partial charge in [-0.25, -0.2) is 14.6 Å². The minimum Gasteiger partial charge on any atom is -0.479 e. The smallest absolute Gasteiger partial charge is 0.334 e. The summed E-state index contributed by atoms with van der Waals surface area (Å²) >= 11 is 1.57. The Hall–Kier alpha value is -1.87. The zero-order valence-corrected chi connectivity index (χ0v) is 12.5. The molecule has 21 heavy (non-hydrogen) atoms. The molecule has 2 N–H and O–H groups in total. The van der Waals surface area contributed by atoms with Crippen molar-refractivity contribution >= 4 is 28.5 Å². The van der Waals surface area contributed by atoms with E-state index in [1.165, 1.54) is 7.11 Å². The Bertz CT molecular complexity index is 474. The van der Waals surface area contributed by atoms with Crippen molar-refractivity contribution in [2.24, 2.45) is 0 Å². The van der Waals surface area contributed by atoms with Crippen molar-refractivity contribution in [3.8, 4) is 0 Å². The van der Waals surface area contributed by atoms with Gasteiger partial charge < -0.3 is 25.0 Å². The number of rotatable bonds is 5. The van der Waals surface area contributed by atoms with Gasteiger partial charge in [0.05, 0.1) is 6.54 Å². The molecule has 0 radical (unpaired) electrons. The maximum Gasteiger partial charge on any atom is 0.334 e. The summed E-state index contributed by atoms with van der Waals surface area (Å²) in [6, 6.07) is -0.267. The van der Waals surface area contributed by atoms with Crippen molar-refractivity contribution in [2.75, 3.05) is 44.7 Å². The fourth-order valence-electron chi connectivity index (χ4n) is 2.04. The molecule has 2 rings (SSSR count). The third-order valence-corrected chi connectivity index (χ3v) is 4.09. The van der Waals surface area contributed by atoms with Crippen molar-refractivity contribution in [3.63, 3.8) is 0 Å². The third kappa shape index (κ3) is 4.05. The normalized spacial score (nSPS) is 16.6. The van der Waals surface area contributed by atoms with Crippen LogP contribution in [-0.2, 0) is 9.53 Å². The number of carboxylic acids is 1. The van der Waals surface area contributed by atoms with Gasteiger partial charge in [-0.2, -0.15) is 0 Å². The molecule has 0 aromatic carbocycles. The van der Waals surface area contributed by atoms with E-state index in [1.807, 2.05) is 5.38 Å². The van der Waals surface area contributed by atoms with E-state index in [0.717, 1.165) is 5.13 Å². The zero-order chi connectivity index (χ0) is 15.2. The molecule has 1 aliphatic rings. The van der Waals surface area contributed by atoms with Gasteiger partial charge in [-0.1, -0.05) is 0 Å². The fraction of sp³-hybridized carbons (Fsp3) is 0.583. The SMILES string of the molecule is COC(CNC(=O)N1CCN(c2nccs2)CC1)C(=O)O. The van der Waals surface area contributed by atoms with Crippen LogP contribution in [-0.4, -0.2) is 72.9 Å². The summed E-state index contributed by atoms with van der Waals surface area (Å²) in [7, 11) is 1.30. The third-order valence-electron chi connectivity index (χ3n) is 3.26. The second-order valence-electron chi connectivity index (χ2n) is 4.54. The Labute approximate surface area is 126 Å². The van der Waals surface area contributed by atoms with Crippen molar-refractivity contribution in [2.45, 2.75) is 6.10 Å². The standard InChI is InChI=1S/C12H18N4O4S/c1-20-9(10(17)18)8-14-11(19)15-3-5-16(6-4-15)12-13-2-7-21-12/h2,7,9H,3-6,8H2,1H3,(H,14,19)(H,17,18). The molecule has 1 saturated heterocycles. The Morgan fingerprint density at radius 1 is 1.48 bits per heavy atom. The van der Waals surface area contributed by atoms with Crippen LogP contribution in [0, 0.1) is 0 Å². The van der Waals surface area contributed by atoms with Gasteiger partial charge in [-0.05, 0) is 0 Å². The highest BCUT2D eigenvalue weighted by molar-refractivity contribution is 7.13. The lowest BCUT2D eigenvalue weighted by Gasteiger charge is -2.34. The molecule has 0 saturated carbocycles. The number of amides is 2. The summed E-state index contributed by atoms with van der Waals surface area (Å²) in [4.78, 5) is 30.8. The minimum absolute atomic E-state index is 0.0443. The summed E-state index contributed by atoms with van der Waals surface area (Å²) in [5.74, 6) is -1.09. The molecule has 1 aromatic rings. The van der Waals surface area contributed by atoms with Crippen LogP contribution in [0.15, 0.2) is 11.6 Å². The first kappa shape index (κ1) is 15.5. The number of carboxylic acid groups (broad SMARTS) is 1. The number of hydrogen-bond donors (Lipinski definition) is 2. The van der Waals surface area contributed by atoms with Gasteiger partial charge in [-0.3, -0.25) is 0 Å². The molecular formula is C12H18N4O4S. The van der Waals surface area contributed by atoms with Gasteiger partial charge >= 0.3 is 12.0 Å². The van der Waals surface area contributed by atoms with E-state index in [0.29, 0.717) is 26.2 Å². The molecule has 1 unspecified atom stereocenters. The van der Waals surface area contributed by atoms with Crippen LogP contribution in [0.2, 0.25) is 0 Å². The molecule has 9 heteroatoms. The number of nitrogens with one attached hydrogen (secondary N) is 1. The molecule has 1 aromatic heterocycles. The van der Waals surface area contributed by atoms with E-state index in [4.69, 9.17) is 9.84 Å². The van der Waals surface area contributed by atoms with Crippen LogP contribution in [0.1, 0.15) is 0 Å². The van der Waals surface area contributed by atoms with Gasteiger partial charge in [0.15, 0.2) is 11.2 Å². The van der Waals surface area contributed by atoms with Crippen LogP contribution in [0.5, 0.6) is 0 Å². The molecule has 0 aliphatic carbocycles. The van der Waals surface area contributed by atoms with Crippen LogP contribution >= 0.6 is 11.3 Å². The number of urea groups is 1. The molecule has 116 valence electrons. The number of anilines is 1. The highest BCUT2D eigenvalue weighted by Crippen LogP contribution is 2.18. The van der Waals surface area contributed by atoms with E-state index in [1.54, 1.807) is 22.4 Å². The van der Waals surface area contributed by atoms with Crippen molar-refractivity contribution in [3.05, 3.63) is 11.6 Å². The van der Waals surface area contributed by atoms with E-state index in [9.17, 15) is 9.59 Å². The van der Waals surface area contributed by atoms with Crippen LogP contribution < -0.4 is 10.2 Å². The molecule has 0 spiro atoms. The zero-order valence-electron chi connectivity index (χ0n) is 11.7. The summed E-state index contributed by atoms with van der Waals surface area (Å²) < 4.78 is 4.77. The highest BCUT2D eigenvalue weighted by atomic mass is 32.1. The number of piperazine rings is 1. The van der Waals surface area contributed by atoms with Gasteiger partial charge in [0.2, 0.25) is 0 Å². The number of aliphatic carboxylic acids is 1. The molecule has 1 atom stereocenters. The average Bonchev–Trinajstić information content (AvgIpc) is 3.01. The van der Waals surface area contributed by atoms with Gasteiger partial charge in [-0.15, -0.1) is 11.3 Å². The number of hydrogen-bond acceptors (Lipinski definition) is 6. The summed E-state index contributed by atoms with van der Waals surface area (Å²) in [5, 5.41) is 14.3. The van der Waals surface area contributed by atoms with E-state index >= 15 is 0 Å². The number of ether oxygens (including phenoxy) is 1. The molecular weight excluding hydrogens is 296 g/mol. The monoisotopic (exact) mass is 314 g/mol. The maximum absolute atomic E-state index is 12.0. The predicted octanol–water partition coefficient (Wildman–Crippen LogP) is 0.0743. The molecule has 0 bridgehead atoms. The Balaban J connectivity index is 1.76. The van der Waals surface area contributed by atoms with E-state index in [-0.39, 0.29) is 12.6 Å². The molecule has 1 aliphatic heterocycles. The Morgan fingerprint density at radius 2 is 2.19 bits per heavy atom. The van der Waals surface area contributed by atoms with Gasteiger partial charge in [0, 0.05) is 44.9 Å². The van der Waals surface area contributed by atoms with Crippen molar-refractivity contribution < 1.29 is 19.4 Å². The number of nitrogens with zero attached hydrogens (tertiary/aromatic N) is 3. The topological polar surface area (TPSA) is 95.0 Å². The lowest BCUT2D eigenvalue weighted by Crippen LogP contribution is -2.53. The van der Waals surface area contributed by atoms with Crippen LogP contribution in [0.25, 0.3) is 0 Å². The second kappa shape index (κ2) is 7.23. The lowest BCUT2D eigenvalue weighted by molar-refractivity contribution is -0.148. The Morgan fingerprint density at radius 3 is 2.71 bits per heavy atom. The van der Waals surface area contributed by atoms with Crippen molar-refractivity contribution in [1.82, 2.24) is 15.2 Å². The average molecular weight is 314 g/mol. The minimum atomic E-state index is -1.09. The first-order valence-electron chi connectivity index (χ1n) is 6.54. The highest BCUT2D eigenvalue weighted by Gasteiger charge is 2.24. The number of methoxy groups -OCH3 is 1. The first-order chi connectivity index (χ1) is 10.1. The number of carbonyl (C=O) groups is 2. The Kier molecular flexibility index (Phi) is 5.34. The maximum atomic E-state index is 12.0. The van der Waals surface area contributed by atoms with Crippen LogP contribution in [0.3, 0.4) is 0 Å². The summed E-state index contributed by atoms with van der Waals surface area (Å²) in [5.41, 5.74) is 0. The van der Waals surface area contributed by atoms with E-state index < -0.39 is 12.1 Å². The van der Waals surface area contributed by atoms with Gasteiger partial charge in [0.1, 0.15) is 0 Å². The molecule has 1 fully saturated rings. The second-order valence-corrected chi connectivity index (χ2v) is 5.41. The number of aromatic nitrogens is 1. The number of thiazole rings is 1. The first-order valence-corrected chi connectivity index (χ1v) is 7.42. The largest absolute Gasteiger partial charge is 0.479 e. The summed E-state index contributed by atoms with van der Waals surface area (Å²) in [6.07, 6.45) is 0.737. The lowest BCUT2D eigenvalue weighted by atomic mass is 10.3. The molecule has 8 nitrogen and oxygen atoms in total. The molecule has 2 amide bonds. The van der Waals surface area contributed by atoms with Gasteiger partial charge in [0.25, 0.3) is 0 Å². The van der Waals surface area contributed by atoms with Crippen LogP contribution in [0.4, 0.5) is 9.93 Å². The fourth-order valence-corrected chi connectivity index (χ4v) is 2.73. The predicted molar refractivity (Wildman–Crippen MR) is 77.7 cm³/mol. The summed E-state index contributed by atoms with van der Waals surface area (Å²) in [6.45, 7) is 2.55. The van der Waals surface area contributed by atoms with E-state index in [2.05, 4.69) is 15.2 Å².